The van der Waals surface area contributed by atoms with Crippen molar-refractivity contribution in [1.29, 1.82) is 0 Å². The van der Waals surface area contributed by atoms with Crippen LogP contribution in [0.15, 0.2) is 18.2 Å². The number of nitrogens with zero attached hydrogens (tertiary/aromatic N) is 1. The van der Waals surface area contributed by atoms with Gasteiger partial charge in [0.15, 0.2) is 0 Å². The predicted octanol–water partition coefficient (Wildman–Crippen LogP) is 5.25. The van der Waals surface area contributed by atoms with Crippen molar-refractivity contribution in [3.63, 3.8) is 0 Å². The van der Waals surface area contributed by atoms with Crippen LogP contribution in [0.5, 0.6) is 5.75 Å². The molecular weight excluding hydrogens is 330 g/mol. The van der Waals surface area contributed by atoms with E-state index in [1.165, 1.54) is 9.88 Å². The lowest BCUT2D eigenvalue weighted by Crippen LogP contribution is -2.04. The largest absolute Gasteiger partial charge is 0.490 e. The molecule has 0 saturated carbocycles. The van der Waals surface area contributed by atoms with E-state index >= 15 is 0 Å². The molecule has 1 aromatic carbocycles. The minimum Gasteiger partial charge on any atom is -0.490 e. The topological polar surface area (TPSA) is 31.4 Å². The van der Waals surface area contributed by atoms with Crippen molar-refractivity contribution in [2.75, 3.05) is 20.3 Å². The molecule has 0 fully saturated rings. The van der Waals surface area contributed by atoms with Crippen LogP contribution in [0, 0.1) is 5.92 Å². The Kier molecular flexibility index (Phi) is 6.88. The highest BCUT2D eigenvalue weighted by Crippen LogP contribution is 2.35. The summed E-state index contributed by atoms with van der Waals surface area (Å²) in [6.07, 6.45) is 2.00. The van der Waals surface area contributed by atoms with E-state index in [-0.39, 0.29) is 0 Å². The molecule has 0 aliphatic heterocycles. The molecule has 0 spiro atoms. The van der Waals surface area contributed by atoms with Crippen LogP contribution < -0.4 is 4.74 Å². The van der Waals surface area contributed by atoms with Crippen molar-refractivity contribution in [3.05, 3.63) is 33.1 Å². The van der Waals surface area contributed by atoms with Crippen LogP contribution in [0.2, 0.25) is 5.02 Å². The van der Waals surface area contributed by atoms with Gasteiger partial charge in [-0.15, -0.1) is 11.3 Å². The molecule has 0 radical (unpaired) electrons. The number of aryl methyl sites for hydroxylation is 1. The second kappa shape index (κ2) is 8.67. The summed E-state index contributed by atoms with van der Waals surface area (Å²) in [6, 6.07) is 5.88. The maximum absolute atomic E-state index is 6.24. The van der Waals surface area contributed by atoms with Crippen molar-refractivity contribution in [2.45, 2.75) is 33.6 Å². The van der Waals surface area contributed by atoms with Crippen molar-refractivity contribution >= 4 is 22.9 Å². The van der Waals surface area contributed by atoms with Gasteiger partial charge in [-0.05, 0) is 30.9 Å². The fourth-order valence-electron chi connectivity index (χ4n) is 2.28. The fraction of sp³-hybridized carbons (Fsp3) is 0.500. The van der Waals surface area contributed by atoms with Crippen molar-refractivity contribution in [1.82, 2.24) is 4.98 Å². The van der Waals surface area contributed by atoms with E-state index in [1.54, 1.807) is 7.11 Å². The number of halogens is 1. The number of ether oxygens (including phenoxy) is 2. The third kappa shape index (κ3) is 4.93. The van der Waals surface area contributed by atoms with E-state index in [9.17, 15) is 0 Å². The predicted molar refractivity (Wildman–Crippen MR) is 97.9 cm³/mol. The average molecular weight is 354 g/mol. The standard InChI is InChI=1S/C18H24ClNO2S/c1-5-17-20-18(16(23-17)10-12(2)3)13-6-7-14(19)15(11-13)22-9-8-21-4/h6-7,11-12H,5,8-10H2,1-4H3. The minimum absolute atomic E-state index is 0.482. The molecule has 5 heteroatoms. The maximum Gasteiger partial charge on any atom is 0.138 e. The Balaban J connectivity index is 2.33. The molecule has 1 aromatic heterocycles. The third-order valence-electron chi connectivity index (χ3n) is 3.39. The third-order valence-corrected chi connectivity index (χ3v) is 4.92. The Bertz CT molecular complexity index is 640. The van der Waals surface area contributed by atoms with Crippen LogP contribution in [-0.2, 0) is 17.6 Å². The molecule has 0 aliphatic carbocycles. The molecule has 126 valence electrons. The molecule has 23 heavy (non-hydrogen) atoms. The van der Waals surface area contributed by atoms with E-state index in [1.807, 2.05) is 29.5 Å². The van der Waals surface area contributed by atoms with Gasteiger partial charge in [0.05, 0.1) is 22.3 Å². The summed E-state index contributed by atoms with van der Waals surface area (Å²) in [6.45, 7) is 7.63. The Hall–Kier alpha value is -1.10. The first-order valence-corrected chi connectivity index (χ1v) is 9.14. The summed E-state index contributed by atoms with van der Waals surface area (Å²) in [5, 5.41) is 1.79. The van der Waals surface area contributed by atoms with Crippen LogP contribution in [-0.4, -0.2) is 25.3 Å². The van der Waals surface area contributed by atoms with Crippen molar-refractivity contribution in [3.8, 4) is 17.0 Å². The van der Waals surface area contributed by atoms with Gasteiger partial charge in [0.1, 0.15) is 12.4 Å². The number of thiazole rings is 1. The van der Waals surface area contributed by atoms with Gasteiger partial charge in [-0.25, -0.2) is 4.98 Å². The summed E-state index contributed by atoms with van der Waals surface area (Å²) < 4.78 is 10.7. The SMILES string of the molecule is CCc1nc(-c2ccc(Cl)c(OCCOC)c2)c(CC(C)C)s1. The first-order chi connectivity index (χ1) is 11.0. The zero-order valence-corrected chi connectivity index (χ0v) is 15.8. The first kappa shape index (κ1) is 18.2. The van der Waals surface area contributed by atoms with E-state index in [0.717, 1.165) is 24.1 Å². The summed E-state index contributed by atoms with van der Waals surface area (Å²) in [5.74, 6) is 1.28. The highest BCUT2D eigenvalue weighted by atomic mass is 35.5. The lowest BCUT2D eigenvalue weighted by molar-refractivity contribution is 0.146. The zero-order valence-electron chi connectivity index (χ0n) is 14.2. The molecule has 2 rings (SSSR count). The Labute approximate surface area is 147 Å². The second-order valence-electron chi connectivity index (χ2n) is 5.82. The van der Waals surface area contributed by atoms with Gasteiger partial charge < -0.3 is 9.47 Å². The molecule has 0 atom stereocenters. The van der Waals surface area contributed by atoms with Gasteiger partial charge in [-0.1, -0.05) is 38.4 Å². The summed E-state index contributed by atoms with van der Waals surface area (Å²) >= 11 is 8.04. The Morgan fingerprint density at radius 3 is 2.70 bits per heavy atom. The van der Waals surface area contributed by atoms with Gasteiger partial charge in [0.2, 0.25) is 0 Å². The highest BCUT2D eigenvalue weighted by molar-refractivity contribution is 7.12. The van der Waals surface area contributed by atoms with Gasteiger partial charge in [-0.3, -0.25) is 0 Å². The number of hydrogen-bond donors (Lipinski definition) is 0. The Morgan fingerprint density at radius 1 is 1.26 bits per heavy atom. The molecular formula is C18H24ClNO2S. The van der Waals surface area contributed by atoms with Gasteiger partial charge in [0, 0.05) is 17.6 Å². The fourth-order valence-corrected chi connectivity index (χ4v) is 3.70. The second-order valence-corrected chi connectivity index (χ2v) is 7.39. The highest BCUT2D eigenvalue weighted by Gasteiger charge is 2.15. The molecule has 3 nitrogen and oxygen atoms in total. The summed E-state index contributed by atoms with van der Waals surface area (Å²) in [7, 11) is 1.65. The minimum atomic E-state index is 0.482. The Morgan fingerprint density at radius 2 is 2.04 bits per heavy atom. The van der Waals surface area contributed by atoms with Crippen LogP contribution in [0.25, 0.3) is 11.3 Å². The molecule has 0 bridgehead atoms. The van der Waals surface area contributed by atoms with Crippen molar-refractivity contribution in [2.24, 2.45) is 5.92 Å². The maximum atomic E-state index is 6.24. The summed E-state index contributed by atoms with van der Waals surface area (Å²) in [5.41, 5.74) is 2.13. The average Bonchev–Trinajstić information content (AvgIpc) is 2.91. The lowest BCUT2D eigenvalue weighted by Gasteiger charge is -2.10. The number of rotatable bonds is 8. The van der Waals surface area contributed by atoms with E-state index in [2.05, 4.69) is 20.8 Å². The van der Waals surface area contributed by atoms with E-state index < -0.39 is 0 Å². The van der Waals surface area contributed by atoms with Crippen LogP contribution in [0.1, 0.15) is 30.7 Å². The van der Waals surface area contributed by atoms with Gasteiger partial charge in [-0.2, -0.15) is 0 Å². The smallest absolute Gasteiger partial charge is 0.138 e. The lowest BCUT2D eigenvalue weighted by atomic mass is 10.0. The molecule has 0 amide bonds. The zero-order chi connectivity index (χ0) is 16.8. The number of methoxy groups -OCH3 is 1. The molecule has 0 unspecified atom stereocenters. The monoisotopic (exact) mass is 353 g/mol. The molecule has 2 aromatic rings. The summed E-state index contributed by atoms with van der Waals surface area (Å²) in [4.78, 5) is 6.15. The molecule has 0 saturated heterocycles. The van der Waals surface area contributed by atoms with Crippen LogP contribution in [0.4, 0.5) is 0 Å². The van der Waals surface area contributed by atoms with Gasteiger partial charge >= 0.3 is 0 Å². The van der Waals surface area contributed by atoms with Crippen LogP contribution >= 0.6 is 22.9 Å². The van der Waals surface area contributed by atoms with Crippen molar-refractivity contribution < 1.29 is 9.47 Å². The van der Waals surface area contributed by atoms with Crippen LogP contribution in [0.3, 0.4) is 0 Å². The number of hydrogen-bond acceptors (Lipinski definition) is 4. The van der Waals surface area contributed by atoms with E-state index in [0.29, 0.717) is 29.9 Å². The molecule has 1 heterocycles. The quantitative estimate of drug-likeness (QED) is 0.607. The van der Waals surface area contributed by atoms with E-state index in [4.69, 9.17) is 26.1 Å². The van der Waals surface area contributed by atoms with Gasteiger partial charge in [0.25, 0.3) is 0 Å². The molecule has 0 N–H and O–H groups in total. The number of aromatic nitrogens is 1. The first-order valence-electron chi connectivity index (χ1n) is 7.95. The number of benzene rings is 1. The normalized spacial score (nSPS) is 11.2. The molecule has 0 aliphatic rings.